The number of carbonyl (C=O) groups excluding carboxylic acids is 2. The van der Waals surface area contributed by atoms with E-state index in [2.05, 4.69) is 26.5 Å². The number of carbonyl (C=O) groups is 2. The number of benzene rings is 2. The molecule has 2 amide bonds. The van der Waals surface area contributed by atoms with Crippen LogP contribution in [-0.4, -0.2) is 34.3 Å². The largest absolute Gasteiger partial charge is 0.321 e. The normalized spacial score (nSPS) is 22.1. The van der Waals surface area contributed by atoms with E-state index in [1.54, 1.807) is 13.0 Å². The number of aryl methyl sites for hydroxylation is 2. The van der Waals surface area contributed by atoms with E-state index in [0.29, 0.717) is 18.1 Å². The molecule has 9 nitrogen and oxygen atoms in total. The summed E-state index contributed by atoms with van der Waals surface area (Å²) < 4.78 is 15.1. The Morgan fingerprint density at radius 1 is 1.15 bits per heavy atom. The van der Waals surface area contributed by atoms with Gasteiger partial charge in [0.15, 0.2) is 6.29 Å². The highest BCUT2D eigenvalue weighted by Gasteiger charge is 2.45. The van der Waals surface area contributed by atoms with E-state index in [0.717, 1.165) is 17.3 Å². The minimum absolute atomic E-state index is 0.124. The zero-order chi connectivity index (χ0) is 23.1. The van der Waals surface area contributed by atoms with Crippen molar-refractivity contribution < 1.29 is 14.0 Å². The van der Waals surface area contributed by atoms with Crippen molar-refractivity contribution in [1.82, 2.24) is 25.8 Å². The SMILES string of the molecule is Cc1ccc(N2NCC3C(=O)NC(n4nc(C)cc4NC(=O)c4cccc(F)c4)NC32)cc1. The second-order valence-electron chi connectivity index (χ2n) is 8.28. The van der Waals surface area contributed by atoms with E-state index < -0.39 is 18.0 Å². The maximum absolute atomic E-state index is 13.5. The predicted molar refractivity (Wildman–Crippen MR) is 121 cm³/mol. The van der Waals surface area contributed by atoms with Crippen LogP contribution in [0.4, 0.5) is 15.9 Å². The summed E-state index contributed by atoms with van der Waals surface area (Å²) in [4.78, 5) is 25.6. The van der Waals surface area contributed by atoms with Gasteiger partial charge in [-0.2, -0.15) is 5.10 Å². The van der Waals surface area contributed by atoms with Gasteiger partial charge in [0.2, 0.25) is 5.91 Å². The molecule has 3 unspecified atom stereocenters. The van der Waals surface area contributed by atoms with Crippen LogP contribution in [0.15, 0.2) is 54.6 Å². The minimum Gasteiger partial charge on any atom is -0.321 e. The van der Waals surface area contributed by atoms with Gasteiger partial charge in [0.05, 0.1) is 17.3 Å². The number of nitrogens with one attached hydrogen (secondary N) is 4. The Morgan fingerprint density at radius 2 is 1.94 bits per heavy atom. The molecule has 2 aliphatic rings. The molecule has 3 aromatic rings. The van der Waals surface area contributed by atoms with Crippen molar-refractivity contribution in [3.05, 3.63) is 77.2 Å². The number of fused-ring (bicyclic) bond motifs is 1. The van der Waals surface area contributed by atoms with Crippen LogP contribution in [0.1, 0.15) is 27.9 Å². The van der Waals surface area contributed by atoms with Gasteiger partial charge >= 0.3 is 0 Å². The highest BCUT2D eigenvalue weighted by Crippen LogP contribution is 2.28. The quantitative estimate of drug-likeness (QED) is 0.486. The van der Waals surface area contributed by atoms with Crippen LogP contribution in [0.2, 0.25) is 0 Å². The Bertz CT molecular complexity index is 1210. The molecule has 1 aromatic heterocycles. The van der Waals surface area contributed by atoms with Crippen molar-refractivity contribution in [2.24, 2.45) is 5.92 Å². The third kappa shape index (κ3) is 4.06. The standard InChI is InChI=1S/C23H24FN7O2/c1-13-6-8-17(9-7-13)30-20-18(12-25-30)22(33)28-23(27-20)31-19(10-14(2)29-31)26-21(32)15-4-3-5-16(24)11-15/h3-11,18,20,23,25,27H,12H2,1-2H3,(H,26,32)(H,28,33). The van der Waals surface area contributed by atoms with Crippen molar-refractivity contribution in [2.45, 2.75) is 26.3 Å². The van der Waals surface area contributed by atoms with E-state index in [-0.39, 0.29) is 23.6 Å². The molecule has 2 saturated heterocycles. The number of hydrazine groups is 1. The highest BCUT2D eigenvalue weighted by atomic mass is 19.1. The van der Waals surface area contributed by atoms with Crippen molar-refractivity contribution in [1.29, 1.82) is 0 Å². The molecule has 5 rings (SSSR count). The van der Waals surface area contributed by atoms with E-state index in [1.807, 2.05) is 36.2 Å². The highest BCUT2D eigenvalue weighted by molar-refractivity contribution is 6.03. The van der Waals surface area contributed by atoms with Crippen LogP contribution < -0.4 is 26.4 Å². The molecule has 10 heteroatoms. The Kier molecular flexibility index (Phi) is 5.31. The summed E-state index contributed by atoms with van der Waals surface area (Å²) in [5.74, 6) is -1.01. The fraction of sp³-hybridized carbons (Fsp3) is 0.261. The summed E-state index contributed by atoms with van der Waals surface area (Å²) in [5.41, 5.74) is 6.21. The van der Waals surface area contributed by atoms with Crippen LogP contribution in [0.5, 0.6) is 0 Å². The molecule has 0 radical (unpaired) electrons. The number of hydrogen-bond donors (Lipinski definition) is 4. The van der Waals surface area contributed by atoms with Gasteiger partial charge in [-0.3, -0.25) is 19.9 Å². The summed E-state index contributed by atoms with van der Waals surface area (Å²) in [6.45, 7) is 4.30. The molecular formula is C23H24FN7O2. The first-order chi connectivity index (χ1) is 15.9. The van der Waals surface area contributed by atoms with Crippen molar-refractivity contribution >= 4 is 23.3 Å². The summed E-state index contributed by atoms with van der Waals surface area (Å²) in [5, 5.41) is 15.5. The summed E-state index contributed by atoms with van der Waals surface area (Å²) >= 11 is 0. The molecule has 0 aliphatic carbocycles. The summed E-state index contributed by atoms with van der Waals surface area (Å²) in [6.07, 6.45) is -1.01. The fourth-order valence-electron chi connectivity index (χ4n) is 4.17. The topological polar surface area (TPSA) is 103 Å². The average molecular weight is 449 g/mol. The van der Waals surface area contributed by atoms with Crippen LogP contribution in [0.3, 0.4) is 0 Å². The van der Waals surface area contributed by atoms with E-state index in [4.69, 9.17) is 0 Å². The predicted octanol–water partition coefficient (Wildman–Crippen LogP) is 2.03. The maximum Gasteiger partial charge on any atom is 0.256 e. The van der Waals surface area contributed by atoms with Gasteiger partial charge in [0.25, 0.3) is 5.91 Å². The van der Waals surface area contributed by atoms with Gasteiger partial charge in [-0.05, 0) is 44.2 Å². The molecule has 2 aliphatic heterocycles. The second kappa shape index (κ2) is 8.30. The first-order valence-electron chi connectivity index (χ1n) is 10.7. The fourth-order valence-corrected chi connectivity index (χ4v) is 4.17. The zero-order valence-corrected chi connectivity index (χ0v) is 18.2. The van der Waals surface area contributed by atoms with Crippen LogP contribution in [0.25, 0.3) is 0 Å². The van der Waals surface area contributed by atoms with Crippen molar-refractivity contribution in [2.75, 3.05) is 16.9 Å². The number of hydrogen-bond acceptors (Lipinski definition) is 6. The number of anilines is 2. The lowest BCUT2D eigenvalue weighted by Crippen LogP contribution is -2.61. The van der Waals surface area contributed by atoms with Gasteiger partial charge in [-0.1, -0.05) is 23.8 Å². The third-order valence-corrected chi connectivity index (χ3v) is 5.83. The van der Waals surface area contributed by atoms with Gasteiger partial charge < -0.3 is 10.6 Å². The molecule has 33 heavy (non-hydrogen) atoms. The molecule has 3 atom stereocenters. The van der Waals surface area contributed by atoms with Crippen molar-refractivity contribution in [3.8, 4) is 0 Å². The molecule has 0 saturated carbocycles. The van der Waals surface area contributed by atoms with Crippen LogP contribution in [-0.2, 0) is 4.79 Å². The van der Waals surface area contributed by atoms with Gasteiger partial charge in [-0.15, -0.1) is 0 Å². The monoisotopic (exact) mass is 449 g/mol. The smallest absolute Gasteiger partial charge is 0.256 e. The number of nitrogens with zero attached hydrogens (tertiary/aromatic N) is 3. The molecular weight excluding hydrogens is 425 g/mol. The Balaban J connectivity index is 1.40. The number of amides is 2. The van der Waals surface area contributed by atoms with Gasteiger partial charge in [0, 0.05) is 18.2 Å². The molecule has 0 spiro atoms. The van der Waals surface area contributed by atoms with E-state index in [1.165, 1.54) is 22.9 Å². The van der Waals surface area contributed by atoms with Gasteiger partial charge in [0.1, 0.15) is 17.8 Å². The summed E-state index contributed by atoms with van der Waals surface area (Å²) in [7, 11) is 0. The first kappa shape index (κ1) is 21.1. The molecule has 0 bridgehead atoms. The molecule has 4 N–H and O–H groups in total. The minimum atomic E-state index is -0.692. The Morgan fingerprint density at radius 3 is 2.70 bits per heavy atom. The molecule has 170 valence electrons. The lowest BCUT2D eigenvalue weighted by atomic mass is 10.0. The lowest BCUT2D eigenvalue weighted by molar-refractivity contribution is -0.129. The average Bonchev–Trinajstić information content (AvgIpc) is 3.38. The van der Waals surface area contributed by atoms with Gasteiger partial charge in [-0.25, -0.2) is 14.5 Å². The van der Waals surface area contributed by atoms with E-state index in [9.17, 15) is 14.0 Å². The number of halogens is 1. The first-order valence-corrected chi connectivity index (χ1v) is 10.7. The molecule has 2 aromatic carbocycles. The van der Waals surface area contributed by atoms with E-state index >= 15 is 0 Å². The zero-order valence-electron chi connectivity index (χ0n) is 18.2. The number of aromatic nitrogens is 2. The Labute approximate surface area is 189 Å². The van der Waals surface area contributed by atoms with Crippen molar-refractivity contribution in [3.63, 3.8) is 0 Å². The number of rotatable bonds is 4. The third-order valence-electron chi connectivity index (χ3n) is 5.83. The van der Waals surface area contributed by atoms with Crippen LogP contribution >= 0.6 is 0 Å². The Hall–Kier alpha value is -3.76. The second-order valence-corrected chi connectivity index (χ2v) is 8.28. The van der Waals surface area contributed by atoms with Crippen LogP contribution in [0, 0.1) is 25.6 Å². The lowest BCUT2D eigenvalue weighted by Gasteiger charge is -2.37. The molecule has 2 fully saturated rings. The molecule has 3 heterocycles. The maximum atomic E-state index is 13.5. The summed E-state index contributed by atoms with van der Waals surface area (Å²) in [6, 6.07) is 15.2.